The van der Waals surface area contributed by atoms with Gasteiger partial charge in [0.25, 0.3) is 0 Å². The number of benzene rings is 2. The van der Waals surface area contributed by atoms with Crippen LogP contribution in [0.2, 0.25) is 0 Å². The molecule has 0 bridgehead atoms. The average Bonchev–Trinajstić information content (AvgIpc) is 3.03. The highest BCUT2D eigenvalue weighted by molar-refractivity contribution is 5.92. The van der Waals surface area contributed by atoms with E-state index in [-0.39, 0.29) is 5.97 Å². The summed E-state index contributed by atoms with van der Waals surface area (Å²) in [6, 6.07) is 16.3. The maximum atomic E-state index is 12.5. The van der Waals surface area contributed by atoms with Crippen LogP contribution in [0.5, 0.6) is 0 Å². The number of nitrogens with zero attached hydrogens (tertiary/aromatic N) is 1. The highest BCUT2D eigenvalue weighted by Crippen LogP contribution is 2.29. The summed E-state index contributed by atoms with van der Waals surface area (Å²) in [6.45, 7) is 2.08. The lowest BCUT2D eigenvalue weighted by Crippen LogP contribution is -2.23. The number of esters is 1. The number of aromatic nitrogens is 1. The summed E-state index contributed by atoms with van der Waals surface area (Å²) in [5.41, 5.74) is 2.99. The molecule has 0 radical (unpaired) electrons. The Hall–Kier alpha value is -3.26. The third-order valence-corrected chi connectivity index (χ3v) is 3.76. The van der Waals surface area contributed by atoms with Crippen LogP contribution in [0.15, 0.2) is 54.7 Å². The fraction of sp³-hybridized carbons (Fsp3) is 0.158. The third kappa shape index (κ3) is 3.08. The Balaban J connectivity index is 2.05. The van der Waals surface area contributed by atoms with E-state index >= 15 is 0 Å². The van der Waals surface area contributed by atoms with Crippen LogP contribution in [-0.4, -0.2) is 17.6 Å². The van der Waals surface area contributed by atoms with Gasteiger partial charge in [-0.05, 0) is 37.3 Å². The molecule has 1 heterocycles. The van der Waals surface area contributed by atoms with Crippen LogP contribution in [0.4, 0.5) is 5.69 Å². The first-order valence-corrected chi connectivity index (χ1v) is 7.72. The minimum atomic E-state index is -0.657. The van der Waals surface area contributed by atoms with Crippen molar-refractivity contribution < 1.29 is 9.53 Å². The molecule has 0 aliphatic heterocycles. The van der Waals surface area contributed by atoms with Crippen molar-refractivity contribution >= 4 is 22.6 Å². The molecule has 0 amide bonds. The van der Waals surface area contributed by atoms with Gasteiger partial charge in [-0.15, -0.1) is 0 Å². The van der Waals surface area contributed by atoms with Crippen molar-refractivity contribution in [3.63, 3.8) is 0 Å². The summed E-state index contributed by atoms with van der Waals surface area (Å²) in [6.07, 6.45) is 1.78. The van der Waals surface area contributed by atoms with Crippen LogP contribution in [0.1, 0.15) is 24.1 Å². The molecule has 0 fully saturated rings. The maximum absolute atomic E-state index is 12.5. The molecular weight excluding hydrogens is 302 g/mol. The zero-order chi connectivity index (χ0) is 16.9. The Kier molecular flexibility index (Phi) is 4.48. The molecule has 120 valence electrons. The second-order valence-electron chi connectivity index (χ2n) is 5.31. The lowest BCUT2D eigenvalue weighted by Gasteiger charge is -2.18. The second kappa shape index (κ2) is 6.88. The molecule has 0 aliphatic carbocycles. The number of anilines is 1. The molecule has 1 unspecified atom stereocenters. The molecule has 24 heavy (non-hydrogen) atoms. The van der Waals surface area contributed by atoms with E-state index in [1.807, 2.05) is 36.4 Å². The van der Waals surface area contributed by atoms with Crippen molar-refractivity contribution in [1.29, 1.82) is 5.26 Å². The predicted molar refractivity (Wildman–Crippen MR) is 92.5 cm³/mol. The molecule has 3 rings (SSSR count). The fourth-order valence-electron chi connectivity index (χ4n) is 2.64. The predicted octanol–water partition coefficient (Wildman–Crippen LogP) is 3.76. The number of ether oxygens (including phenoxy) is 1. The van der Waals surface area contributed by atoms with Crippen LogP contribution >= 0.6 is 0 Å². The van der Waals surface area contributed by atoms with Gasteiger partial charge in [-0.2, -0.15) is 5.26 Å². The summed E-state index contributed by atoms with van der Waals surface area (Å²) >= 11 is 0. The largest absolute Gasteiger partial charge is 0.464 e. The SMILES string of the molecule is CCOC(=O)C(Nc1ccccc1)c1c[nH]c2ccc(C#N)cc12. The minimum absolute atomic E-state index is 0.303. The number of nitrogens with one attached hydrogen (secondary N) is 2. The molecule has 5 heteroatoms. The highest BCUT2D eigenvalue weighted by atomic mass is 16.5. The zero-order valence-corrected chi connectivity index (χ0v) is 13.2. The van der Waals surface area contributed by atoms with E-state index < -0.39 is 6.04 Å². The summed E-state index contributed by atoms with van der Waals surface area (Å²) in [5, 5.41) is 13.2. The number of H-pyrrole nitrogens is 1. The lowest BCUT2D eigenvalue weighted by molar-refractivity contribution is -0.144. The Bertz CT molecular complexity index is 894. The lowest BCUT2D eigenvalue weighted by atomic mass is 10.0. The van der Waals surface area contributed by atoms with E-state index in [0.717, 1.165) is 22.2 Å². The standard InChI is InChI=1S/C19H17N3O2/c1-2-24-19(23)18(22-14-6-4-3-5-7-14)16-12-21-17-9-8-13(11-20)10-15(16)17/h3-10,12,18,21-22H,2H2,1H3. The summed E-state index contributed by atoms with van der Waals surface area (Å²) in [5.74, 6) is -0.357. The second-order valence-corrected chi connectivity index (χ2v) is 5.31. The monoisotopic (exact) mass is 319 g/mol. The normalized spacial score (nSPS) is 11.7. The molecule has 2 N–H and O–H groups in total. The van der Waals surface area contributed by atoms with Gasteiger partial charge in [-0.3, -0.25) is 0 Å². The molecule has 1 aromatic heterocycles. The van der Waals surface area contributed by atoms with Crippen molar-refractivity contribution in [1.82, 2.24) is 4.98 Å². The Morgan fingerprint density at radius 3 is 2.79 bits per heavy atom. The number of fused-ring (bicyclic) bond motifs is 1. The van der Waals surface area contributed by atoms with Crippen molar-refractivity contribution in [2.24, 2.45) is 0 Å². The summed E-state index contributed by atoms with van der Waals surface area (Å²) in [4.78, 5) is 15.6. The Morgan fingerprint density at radius 1 is 1.29 bits per heavy atom. The van der Waals surface area contributed by atoms with E-state index in [1.54, 1.807) is 25.3 Å². The van der Waals surface area contributed by atoms with Gasteiger partial charge in [-0.1, -0.05) is 18.2 Å². The number of carbonyl (C=O) groups excluding carboxylic acids is 1. The number of hydrogen-bond acceptors (Lipinski definition) is 4. The number of nitriles is 1. The van der Waals surface area contributed by atoms with E-state index in [4.69, 9.17) is 10.00 Å². The van der Waals surface area contributed by atoms with Gasteiger partial charge in [0.1, 0.15) is 0 Å². The van der Waals surface area contributed by atoms with E-state index in [9.17, 15) is 4.79 Å². The Labute approximate surface area is 139 Å². The molecule has 0 aliphatic rings. The fourth-order valence-corrected chi connectivity index (χ4v) is 2.64. The quantitative estimate of drug-likeness (QED) is 0.702. The first-order chi connectivity index (χ1) is 11.7. The maximum Gasteiger partial charge on any atom is 0.333 e. The van der Waals surface area contributed by atoms with Gasteiger partial charge < -0.3 is 15.0 Å². The van der Waals surface area contributed by atoms with Gasteiger partial charge in [0, 0.05) is 28.4 Å². The molecule has 0 saturated carbocycles. The molecule has 3 aromatic rings. The van der Waals surface area contributed by atoms with E-state index in [0.29, 0.717) is 12.2 Å². The van der Waals surface area contributed by atoms with E-state index in [1.165, 1.54) is 0 Å². The number of para-hydroxylation sites is 1. The van der Waals surface area contributed by atoms with E-state index in [2.05, 4.69) is 16.4 Å². The average molecular weight is 319 g/mol. The topological polar surface area (TPSA) is 77.9 Å². The minimum Gasteiger partial charge on any atom is -0.464 e. The number of aromatic amines is 1. The van der Waals surface area contributed by atoms with Crippen LogP contribution in [-0.2, 0) is 9.53 Å². The van der Waals surface area contributed by atoms with Gasteiger partial charge in [0.05, 0.1) is 18.2 Å². The summed E-state index contributed by atoms with van der Waals surface area (Å²) < 4.78 is 5.23. The van der Waals surface area contributed by atoms with Gasteiger partial charge >= 0.3 is 5.97 Å². The van der Waals surface area contributed by atoms with Gasteiger partial charge in [0.2, 0.25) is 0 Å². The van der Waals surface area contributed by atoms with Gasteiger partial charge in [-0.25, -0.2) is 4.79 Å². The van der Waals surface area contributed by atoms with Crippen molar-refractivity contribution in [2.45, 2.75) is 13.0 Å². The number of rotatable bonds is 5. The smallest absolute Gasteiger partial charge is 0.333 e. The molecule has 0 saturated heterocycles. The number of hydrogen-bond donors (Lipinski definition) is 2. The van der Waals surface area contributed by atoms with Crippen molar-refractivity contribution in [3.05, 3.63) is 65.9 Å². The molecule has 0 spiro atoms. The molecule has 1 atom stereocenters. The Morgan fingerprint density at radius 2 is 2.08 bits per heavy atom. The van der Waals surface area contributed by atoms with Crippen LogP contribution < -0.4 is 5.32 Å². The van der Waals surface area contributed by atoms with Crippen LogP contribution in [0.3, 0.4) is 0 Å². The van der Waals surface area contributed by atoms with Crippen molar-refractivity contribution in [2.75, 3.05) is 11.9 Å². The first kappa shape index (κ1) is 15.6. The van der Waals surface area contributed by atoms with Crippen molar-refractivity contribution in [3.8, 4) is 6.07 Å². The number of carbonyl (C=O) groups is 1. The van der Waals surface area contributed by atoms with Crippen LogP contribution in [0, 0.1) is 11.3 Å². The van der Waals surface area contributed by atoms with Gasteiger partial charge in [0.15, 0.2) is 6.04 Å². The third-order valence-electron chi connectivity index (χ3n) is 3.76. The molecule has 5 nitrogen and oxygen atoms in total. The first-order valence-electron chi connectivity index (χ1n) is 7.72. The molecule has 2 aromatic carbocycles. The van der Waals surface area contributed by atoms with Crippen LogP contribution in [0.25, 0.3) is 10.9 Å². The highest BCUT2D eigenvalue weighted by Gasteiger charge is 2.25. The summed E-state index contributed by atoms with van der Waals surface area (Å²) in [7, 11) is 0. The molecular formula is C19H17N3O2. The zero-order valence-electron chi connectivity index (χ0n) is 13.2.